The summed E-state index contributed by atoms with van der Waals surface area (Å²) >= 11 is 12.5. The van der Waals surface area contributed by atoms with Gasteiger partial charge in [-0.1, -0.05) is 29.3 Å². The van der Waals surface area contributed by atoms with Crippen LogP contribution in [0.1, 0.15) is 30.1 Å². The van der Waals surface area contributed by atoms with E-state index in [4.69, 9.17) is 23.2 Å². The number of anilines is 1. The van der Waals surface area contributed by atoms with Crippen LogP contribution in [-0.4, -0.2) is 28.0 Å². The summed E-state index contributed by atoms with van der Waals surface area (Å²) in [4.78, 5) is 14.4. The minimum atomic E-state index is 0.516. The van der Waals surface area contributed by atoms with Crippen molar-refractivity contribution in [3.63, 3.8) is 0 Å². The molecule has 0 aliphatic carbocycles. The van der Waals surface area contributed by atoms with E-state index in [9.17, 15) is 0 Å². The third kappa shape index (κ3) is 3.31. The maximum atomic E-state index is 6.44. The van der Waals surface area contributed by atoms with Gasteiger partial charge in [-0.15, -0.1) is 0 Å². The lowest BCUT2D eigenvalue weighted by molar-refractivity contribution is 0.496. The van der Waals surface area contributed by atoms with E-state index in [0.29, 0.717) is 16.0 Å². The predicted octanol–water partition coefficient (Wildman–Crippen LogP) is 5.47. The SMILES string of the molecule is Cc1[nH]cnc1C1CCN(c2ccncc2-c2ccc(Cl)cc2Cl)CC1. The third-order valence-corrected chi connectivity index (χ3v) is 5.66. The summed E-state index contributed by atoms with van der Waals surface area (Å²) in [6.07, 6.45) is 7.69. The number of rotatable bonds is 3. The van der Waals surface area contributed by atoms with E-state index < -0.39 is 0 Å². The van der Waals surface area contributed by atoms with Gasteiger partial charge in [0, 0.05) is 58.9 Å². The van der Waals surface area contributed by atoms with E-state index >= 15 is 0 Å². The lowest BCUT2D eigenvalue weighted by atomic mass is 9.91. The van der Waals surface area contributed by atoms with Crippen molar-refractivity contribution in [2.24, 2.45) is 0 Å². The number of pyridine rings is 1. The molecule has 1 aliphatic rings. The largest absolute Gasteiger partial charge is 0.371 e. The molecule has 0 atom stereocenters. The van der Waals surface area contributed by atoms with Gasteiger partial charge in [0.25, 0.3) is 0 Å². The number of imidazole rings is 1. The Hall–Kier alpha value is -2.04. The van der Waals surface area contributed by atoms with Gasteiger partial charge in [-0.25, -0.2) is 4.98 Å². The summed E-state index contributed by atoms with van der Waals surface area (Å²) in [5.74, 6) is 0.516. The van der Waals surface area contributed by atoms with Gasteiger partial charge in [-0.05, 0) is 38.0 Å². The van der Waals surface area contributed by atoms with Gasteiger partial charge >= 0.3 is 0 Å². The van der Waals surface area contributed by atoms with Crippen LogP contribution < -0.4 is 4.90 Å². The number of aromatic nitrogens is 3. The summed E-state index contributed by atoms with van der Waals surface area (Å²) < 4.78 is 0. The van der Waals surface area contributed by atoms with Crippen LogP contribution in [0.5, 0.6) is 0 Å². The zero-order chi connectivity index (χ0) is 18.1. The van der Waals surface area contributed by atoms with Gasteiger partial charge in [0.05, 0.1) is 17.0 Å². The van der Waals surface area contributed by atoms with Crippen LogP contribution in [0.4, 0.5) is 5.69 Å². The van der Waals surface area contributed by atoms with E-state index in [0.717, 1.165) is 37.1 Å². The average Bonchev–Trinajstić information content (AvgIpc) is 3.08. The molecule has 2 aromatic heterocycles. The third-order valence-electron chi connectivity index (χ3n) is 5.11. The zero-order valence-corrected chi connectivity index (χ0v) is 16.1. The van der Waals surface area contributed by atoms with Gasteiger partial charge in [-0.2, -0.15) is 0 Å². The molecular weight excluding hydrogens is 367 g/mol. The number of piperidine rings is 1. The predicted molar refractivity (Wildman–Crippen MR) is 107 cm³/mol. The van der Waals surface area contributed by atoms with Crippen LogP contribution in [0.15, 0.2) is 43.0 Å². The lowest BCUT2D eigenvalue weighted by Gasteiger charge is -2.34. The first-order chi connectivity index (χ1) is 12.6. The van der Waals surface area contributed by atoms with Gasteiger partial charge in [0.15, 0.2) is 0 Å². The number of nitrogens with one attached hydrogen (secondary N) is 1. The standard InChI is InChI=1S/C20H20Cl2N4/c1-13-20(25-12-24-13)14-5-8-26(9-6-14)19-4-7-23-11-17(19)16-3-2-15(21)10-18(16)22/h2-4,7,10-12,14H,5-6,8-9H2,1H3,(H,24,25). The Bertz CT molecular complexity index is 914. The van der Waals surface area contributed by atoms with Gasteiger partial charge < -0.3 is 9.88 Å². The van der Waals surface area contributed by atoms with Crippen molar-refractivity contribution in [1.29, 1.82) is 0 Å². The van der Waals surface area contributed by atoms with Crippen molar-refractivity contribution in [1.82, 2.24) is 15.0 Å². The Balaban J connectivity index is 1.59. The molecule has 3 aromatic rings. The molecule has 1 fully saturated rings. The second-order valence-corrected chi connectivity index (χ2v) is 7.53. The molecule has 3 heterocycles. The maximum Gasteiger partial charge on any atom is 0.0925 e. The molecule has 0 spiro atoms. The van der Waals surface area contributed by atoms with E-state index in [1.807, 2.05) is 24.5 Å². The lowest BCUT2D eigenvalue weighted by Crippen LogP contribution is -2.33. The number of hydrogen-bond acceptors (Lipinski definition) is 3. The summed E-state index contributed by atoms with van der Waals surface area (Å²) in [5.41, 5.74) is 5.57. The number of H-pyrrole nitrogens is 1. The number of hydrogen-bond donors (Lipinski definition) is 1. The van der Waals surface area contributed by atoms with Crippen molar-refractivity contribution in [2.45, 2.75) is 25.7 Å². The normalized spacial score (nSPS) is 15.4. The van der Waals surface area contributed by atoms with Gasteiger partial charge in [-0.3, -0.25) is 4.98 Å². The van der Waals surface area contributed by atoms with Crippen molar-refractivity contribution >= 4 is 28.9 Å². The molecule has 26 heavy (non-hydrogen) atoms. The molecule has 4 rings (SSSR count). The highest BCUT2D eigenvalue weighted by molar-refractivity contribution is 6.36. The smallest absolute Gasteiger partial charge is 0.0925 e. The Morgan fingerprint density at radius 1 is 1.12 bits per heavy atom. The number of aryl methyl sites for hydroxylation is 1. The van der Waals surface area contributed by atoms with Gasteiger partial charge in [0.2, 0.25) is 0 Å². The summed E-state index contributed by atoms with van der Waals surface area (Å²) in [6, 6.07) is 7.68. The van der Waals surface area contributed by atoms with Crippen LogP contribution in [0.2, 0.25) is 10.0 Å². The second kappa shape index (κ2) is 7.29. The first kappa shape index (κ1) is 17.4. The van der Waals surface area contributed by atoms with E-state index in [1.54, 1.807) is 12.4 Å². The first-order valence-electron chi connectivity index (χ1n) is 8.77. The van der Waals surface area contributed by atoms with E-state index in [1.165, 1.54) is 17.1 Å². The van der Waals surface area contributed by atoms with Gasteiger partial charge in [0.1, 0.15) is 0 Å². The Kier molecular flexibility index (Phi) is 4.88. The average molecular weight is 387 g/mol. The fraction of sp³-hybridized carbons (Fsp3) is 0.300. The monoisotopic (exact) mass is 386 g/mol. The van der Waals surface area contributed by atoms with Crippen LogP contribution >= 0.6 is 23.2 Å². The molecule has 1 saturated heterocycles. The molecule has 4 nitrogen and oxygen atoms in total. The molecule has 1 aromatic carbocycles. The topological polar surface area (TPSA) is 44.8 Å². The quantitative estimate of drug-likeness (QED) is 0.648. The fourth-order valence-corrected chi connectivity index (χ4v) is 4.26. The number of nitrogens with zero attached hydrogens (tertiary/aromatic N) is 3. The van der Waals surface area contributed by atoms with Crippen molar-refractivity contribution < 1.29 is 0 Å². The highest BCUT2D eigenvalue weighted by atomic mass is 35.5. The molecular formula is C20H20Cl2N4. The molecule has 0 saturated carbocycles. The molecule has 1 N–H and O–H groups in total. The zero-order valence-electron chi connectivity index (χ0n) is 14.5. The molecule has 6 heteroatoms. The Morgan fingerprint density at radius 2 is 1.92 bits per heavy atom. The summed E-state index contributed by atoms with van der Waals surface area (Å²) in [6.45, 7) is 4.07. The van der Waals surface area contributed by atoms with E-state index in [2.05, 4.69) is 32.8 Å². The van der Waals surface area contributed by atoms with Crippen LogP contribution in [-0.2, 0) is 0 Å². The number of halogens is 2. The molecule has 134 valence electrons. The van der Waals surface area contributed by atoms with Crippen molar-refractivity contribution in [2.75, 3.05) is 18.0 Å². The van der Waals surface area contributed by atoms with Crippen molar-refractivity contribution in [3.8, 4) is 11.1 Å². The molecule has 0 bridgehead atoms. The van der Waals surface area contributed by atoms with Crippen LogP contribution in [0, 0.1) is 6.92 Å². The number of aromatic amines is 1. The summed E-state index contributed by atoms with van der Waals surface area (Å²) in [5, 5.41) is 1.29. The highest BCUT2D eigenvalue weighted by Gasteiger charge is 2.25. The van der Waals surface area contributed by atoms with E-state index in [-0.39, 0.29) is 0 Å². The minimum Gasteiger partial charge on any atom is -0.371 e. The van der Waals surface area contributed by atoms with Crippen molar-refractivity contribution in [3.05, 3.63) is 64.4 Å². The molecule has 1 aliphatic heterocycles. The maximum absolute atomic E-state index is 6.44. The van der Waals surface area contributed by atoms with Crippen LogP contribution in [0.3, 0.4) is 0 Å². The first-order valence-corrected chi connectivity index (χ1v) is 9.53. The molecule has 0 amide bonds. The minimum absolute atomic E-state index is 0.516. The Morgan fingerprint density at radius 3 is 2.62 bits per heavy atom. The second-order valence-electron chi connectivity index (χ2n) is 6.69. The fourth-order valence-electron chi connectivity index (χ4n) is 3.75. The number of benzene rings is 1. The molecule has 0 unspecified atom stereocenters. The Labute approximate surface area is 163 Å². The van der Waals surface area contributed by atoms with Crippen LogP contribution in [0.25, 0.3) is 11.1 Å². The summed E-state index contributed by atoms with van der Waals surface area (Å²) in [7, 11) is 0. The highest BCUT2D eigenvalue weighted by Crippen LogP contribution is 2.38. The molecule has 0 radical (unpaired) electrons.